The second-order valence-corrected chi connectivity index (χ2v) is 6.71. The molecule has 22 heavy (non-hydrogen) atoms. The summed E-state index contributed by atoms with van der Waals surface area (Å²) in [5.74, 6) is 1.74. The Balaban J connectivity index is 1.55. The van der Waals surface area contributed by atoms with E-state index in [2.05, 4.69) is 25.2 Å². The Morgan fingerprint density at radius 1 is 1.32 bits per heavy atom. The molecule has 0 spiro atoms. The summed E-state index contributed by atoms with van der Waals surface area (Å²) in [6.45, 7) is 1.98. The van der Waals surface area contributed by atoms with Crippen molar-refractivity contribution >= 4 is 28.9 Å². The SMILES string of the molecule is C[C@H](Sc1nc2ncccn2n1)c1nc(-c2cccs2)no1. The van der Waals surface area contributed by atoms with E-state index in [0.717, 1.165) is 4.88 Å². The monoisotopic (exact) mass is 330 g/mol. The van der Waals surface area contributed by atoms with Crippen molar-refractivity contribution in [1.82, 2.24) is 29.7 Å². The maximum Gasteiger partial charge on any atom is 0.253 e. The molecule has 0 saturated carbocycles. The largest absolute Gasteiger partial charge is 0.338 e. The zero-order valence-corrected chi connectivity index (χ0v) is 13.1. The van der Waals surface area contributed by atoms with Gasteiger partial charge >= 0.3 is 0 Å². The van der Waals surface area contributed by atoms with Gasteiger partial charge in [0.05, 0.1) is 10.1 Å². The molecule has 0 bridgehead atoms. The fourth-order valence-corrected chi connectivity index (χ4v) is 3.31. The van der Waals surface area contributed by atoms with Crippen molar-refractivity contribution in [3.8, 4) is 10.7 Å². The van der Waals surface area contributed by atoms with Crippen molar-refractivity contribution in [2.45, 2.75) is 17.3 Å². The lowest BCUT2D eigenvalue weighted by atomic mass is 10.4. The van der Waals surface area contributed by atoms with Crippen LogP contribution >= 0.6 is 23.1 Å². The minimum Gasteiger partial charge on any atom is -0.338 e. The van der Waals surface area contributed by atoms with Crippen LogP contribution in [0, 0.1) is 0 Å². The third-order valence-corrected chi connectivity index (χ3v) is 4.72. The van der Waals surface area contributed by atoms with Gasteiger partial charge in [-0.1, -0.05) is 23.0 Å². The van der Waals surface area contributed by atoms with Gasteiger partial charge in [0, 0.05) is 12.4 Å². The van der Waals surface area contributed by atoms with Crippen LogP contribution in [-0.2, 0) is 0 Å². The molecule has 4 rings (SSSR count). The summed E-state index contributed by atoms with van der Waals surface area (Å²) in [6, 6.07) is 5.74. The Labute approximate surface area is 133 Å². The summed E-state index contributed by atoms with van der Waals surface area (Å²) < 4.78 is 6.98. The summed E-state index contributed by atoms with van der Waals surface area (Å²) in [6.07, 6.45) is 3.50. The van der Waals surface area contributed by atoms with Crippen LogP contribution in [0.5, 0.6) is 0 Å². The number of fused-ring (bicyclic) bond motifs is 1. The molecule has 1 atom stereocenters. The molecule has 0 aliphatic carbocycles. The number of aromatic nitrogens is 6. The molecule has 4 heterocycles. The van der Waals surface area contributed by atoms with E-state index in [1.165, 1.54) is 11.8 Å². The molecular formula is C13H10N6OS2. The van der Waals surface area contributed by atoms with E-state index in [9.17, 15) is 0 Å². The summed E-state index contributed by atoms with van der Waals surface area (Å²) in [5.41, 5.74) is 0. The predicted molar refractivity (Wildman–Crippen MR) is 82.7 cm³/mol. The lowest BCUT2D eigenvalue weighted by Crippen LogP contribution is -1.90. The van der Waals surface area contributed by atoms with Gasteiger partial charge in [-0.15, -0.1) is 16.4 Å². The summed E-state index contributed by atoms with van der Waals surface area (Å²) in [7, 11) is 0. The standard InChI is InChI=1S/C13H10N6OS2/c1-8(11-15-10(18-20-11)9-4-2-7-21-9)22-13-16-12-14-5-3-6-19(12)17-13/h2-8H,1H3/t8-/m0/s1. The molecule has 0 unspecified atom stereocenters. The Bertz CT molecular complexity index is 867. The first-order valence-electron chi connectivity index (χ1n) is 6.51. The number of rotatable bonds is 4. The van der Waals surface area contributed by atoms with Gasteiger partial charge in [0.15, 0.2) is 0 Å². The van der Waals surface area contributed by atoms with Crippen molar-refractivity contribution in [2.75, 3.05) is 0 Å². The van der Waals surface area contributed by atoms with Gasteiger partial charge in [-0.05, 0) is 24.4 Å². The van der Waals surface area contributed by atoms with Gasteiger partial charge in [0.25, 0.3) is 5.78 Å². The van der Waals surface area contributed by atoms with E-state index in [0.29, 0.717) is 22.6 Å². The summed E-state index contributed by atoms with van der Waals surface area (Å²) in [5, 5.41) is 10.9. The number of hydrogen-bond donors (Lipinski definition) is 0. The molecule has 0 aliphatic rings. The number of thiophene rings is 1. The van der Waals surface area contributed by atoms with Gasteiger partial charge in [0.2, 0.25) is 16.9 Å². The molecule has 0 saturated heterocycles. The van der Waals surface area contributed by atoms with Crippen LogP contribution in [-0.4, -0.2) is 29.7 Å². The highest BCUT2D eigenvalue weighted by Gasteiger charge is 2.19. The zero-order valence-electron chi connectivity index (χ0n) is 11.4. The minimum absolute atomic E-state index is 0.0429. The van der Waals surface area contributed by atoms with Crippen LogP contribution in [0.2, 0.25) is 0 Å². The van der Waals surface area contributed by atoms with Gasteiger partial charge in [-0.3, -0.25) is 0 Å². The molecular weight excluding hydrogens is 320 g/mol. The molecule has 0 aromatic carbocycles. The Morgan fingerprint density at radius 2 is 2.27 bits per heavy atom. The highest BCUT2D eigenvalue weighted by molar-refractivity contribution is 7.99. The highest BCUT2D eigenvalue weighted by atomic mass is 32.2. The number of hydrogen-bond acceptors (Lipinski definition) is 8. The van der Waals surface area contributed by atoms with Gasteiger partial charge in [0.1, 0.15) is 0 Å². The minimum atomic E-state index is -0.0429. The van der Waals surface area contributed by atoms with E-state index in [1.807, 2.05) is 36.7 Å². The van der Waals surface area contributed by atoms with Crippen LogP contribution in [0.1, 0.15) is 18.1 Å². The predicted octanol–water partition coefficient (Wildman–Crippen LogP) is 3.09. The smallest absolute Gasteiger partial charge is 0.253 e. The van der Waals surface area contributed by atoms with Gasteiger partial charge in [-0.25, -0.2) is 9.50 Å². The summed E-state index contributed by atoms with van der Waals surface area (Å²) in [4.78, 5) is 13.9. The molecule has 4 aromatic heterocycles. The lowest BCUT2D eigenvalue weighted by Gasteiger charge is -2.00. The van der Waals surface area contributed by atoms with E-state index >= 15 is 0 Å². The molecule has 9 heteroatoms. The van der Waals surface area contributed by atoms with Crippen LogP contribution < -0.4 is 0 Å². The first kappa shape index (κ1) is 13.4. The first-order chi connectivity index (χ1) is 10.8. The maximum absolute atomic E-state index is 5.34. The lowest BCUT2D eigenvalue weighted by molar-refractivity contribution is 0.381. The molecule has 4 aromatic rings. The molecule has 110 valence electrons. The van der Waals surface area contributed by atoms with Crippen molar-refractivity contribution < 1.29 is 4.52 Å². The Hall–Kier alpha value is -2.26. The molecule has 0 amide bonds. The Kier molecular flexibility index (Phi) is 3.35. The second-order valence-electron chi connectivity index (χ2n) is 4.45. The number of thioether (sulfide) groups is 1. The normalized spacial score (nSPS) is 12.8. The average Bonchev–Trinajstić information content (AvgIpc) is 3.26. The van der Waals surface area contributed by atoms with E-state index in [4.69, 9.17) is 4.52 Å². The molecule has 0 aliphatic heterocycles. The van der Waals surface area contributed by atoms with Crippen LogP contribution in [0.25, 0.3) is 16.5 Å². The van der Waals surface area contributed by atoms with Crippen molar-refractivity contribution in [1.29, 1.82) is 0 Å². The molecule has 7 nitrogen and oxygen atoms in total. The third kappa shape index (κ3) is 2.48. The van der Waals surface area contributed by atoms with Crippen molar-refractivity contribution in [2.24, 2.45) is 0 Å². The van der Waals surface area contributed by atoms with E-state index in [-0.39, 0.29) is 5.25 Å². The molecule has 0 fully saturated rings. The van der Waals surface area contributed by atoms with E-state index < -0.39 is 0 Å². The van der Waals surface area contributed by atoms with Crippen molar-refractivity contribution in [3.05, 3.63) is 41.9 Å². The number of nitrogens with zero attached hydrogens (tertiary/aromatic N) is 6. The first-order valence-corrected chi connectivity index (χ1v) is 8.27. The van der Waals surface area contributed by atoms with Crippen molar-refractivity contribution in [3.63, 3.8) is 0 Å². The fraction of sp³-hybridized carbons (Fsp3) is 0.154. The molecule has 0 radical (unpaired) electrons. The molecule has 0 N–H and O–H groups in total. The van der Waals surface area contributed by atoms with E-state index in [1.54, 1.807) is 22.0 Å². The Morgan fingerprint density at radius 3 is 3.09 bits per heavy atom. The average molecular weight is 330 g/mol. The van der Waals surface area contributed by atoms with Gasteiger partial charge < -0.3 is 4.52 Å². The zero-order chi connectivity index (χ0) is 14.9. The fourth-order valence-electron chi connectivity index (χ4n) is 1.88. The van der Waals surface area contributed by atoms with Crippen LogP contribution in [0.15, 0.2) is 45.7 Å². The van der Waals surface area contributed by atoms with Crippen LogP contribution in [0.3, 0.4) is 0 Å². The topological polar surface area (TPSA) is 82.0 Å². The van der Waals surface area contributed by atoms with Crippen LogP contribution in [0.4, 0.5) is 0 Å². The third-order valence-electron chi connectivity index (χ3n) is 2.91. The van der Waals surface area contributed by atoms with Gasteiger partial charge in [-0.2, -0.15) is 9.97 Å². The second kappa shape index (κ2) is 5.50. The summed E-state index contributed by atoms with van der Waals surface area (Å²) >= 11 is 3.04. The maximum atomic E-state index is 5.34. The quantitative estimate of drug-likeness (QED) is 0.532. The highest BCUT2D eigenvalue weighted by Crippen LogP contribution is 2.33.